The van der Waals surface area contributed by atoms with Gasteiger partial charge < -0.3 is 14.5 Å². The second kappa shape index (κ2) is 7.63. The van der Waals surface area contributed by atoms with E-state index in [1.807, 2.05) is 13.8 Å². The van der Waals surface area contributed by atoms with Gasteiger partial charge in [-0.15, -0.1) is 0 Å². The second-order valence-corrected chi connectivity index (χ2v) is 6.68. The summed E-state index contributed by atoms with van der Waals surface area (Å²) in [5.74, 6) is 0.0105. The first-order valence-corrected chi connectivity index (χ1v) is 8.67. The number of amides is 1. The monoisotopic (exact) mass is 358 g/mol. The molecule has 2 aromatic heterocycles. The number of carbonyl (C=O) groups is 2. The van der Waals surface area contributed by atoms with Crippen LogP contribution in [0.4, 0.5) is 0 Å². The third kappa shape index (κ3) is 4.07. The van der Waals surface area contributed by atoms with Crippen LogP contribution < -0.4 is 0 Å². The number of carbonyl (C=O) groups excluding carboxylic acids is 1. The molecule has 0 aliphatic carbocycles. The Kier molecular flexibility index (Phi) is 5.29. The Morgan fingerprint density at radius 3 is 2.69 bits per heavy atom. The fourth-order valence-electron chi connectivity index (χ4n) is 3.33. The highest BCUT2D eigenvalue weighted by molar-refractivity contribution is 5.80. The van der Waals surface area contributed by atoms with Crippen molar-refractivity contribution in [2.24, 2.45) is 5.92 Å². The molecule has 0 radical (unpaired) electrons. The first kappa shape index (κ1) is 18.0. The van der Waals surface area contributed by atoms with Crippen LogP contribution in [0, 0.1) is 19.8 Å². The van der Waals surface area contributed by atoms with Crippen LogP contribution >= 0.6 is 0 Å². The van der Waals surface area contributed by atoms with E-state index in [-0.39, 0.29) is 18.7 Å². The predicted octanol–water partition coefficient (Wildman–Crippen LogP) is 2.00. The van der Waals surface area contributed by atoms with Gasteiger partial charge in [-0.05, 0) is 32.6 Å². The van der Waals surface area contributed by atoms with Crippen molar-refractivity contribution < 1.29 is 19.2 Å². The molecule has 1 saturated heterocycles. The third-order valence-corrected chi connectivity index (χ3v) is 4.68. The summed E-state index contributed by atoms with van der Waals surface area (Å²) >= 11 is 0. The number of hydrogen-bond donors (Lipinski definition) is 1. The molecule has 26 heavy (non-hydrogen) atoms. The molecule has 1 aliphatic rings. The van der Waals surface area contributed by atoms with Gasteiger partial charge in [0.1, 0.15) is 5.76 Å². The standard InChI is InChI=1S/C18H22N4O4/c1-11-18(12(2)26-21-11)15-9-19-14(8-20-15)7-13-5-6-22(10-13)16(23)3-4-17(24)25/h8-9,13H,3-7,10H2,1-2H3,(H,24,25)/t13-/m1/s1. The summed E-state index contributed by atoms with van der Waals surface area (Å²) in [4.78, 5) is 33.3. The smallest absolute Gasteiger partial charge is 0.303 e. The highest BCUT2D eigenvalue weighted by atomic mass is 16.5. The van der Waals surface area contributed by atoms with Crippen LogP contribution in [0.25, 0.3) is 11.3 Å². The molecule has 1 atom stereocenters. The summed E-state index contributed by atoms with van der Waals surface area (Å²) in [6.07, 6.45) is 5.08. The van der Waals surface area contributed by atoms with Crippen LogP contribution in [0.15, 0.2) is 16.9 Å². The maximum absolute atomic E-state index is 12.0. The molecular formula is C18H22N4O4. The van der Waals surface area contributed by atoms with Gasteiger partial charge in [0.2, 0.25) is 5.91 Å². The van der Waals surface area contributed by atoms with Crippen molar-refractivity contribution in [2.75, 3.05) is 13.1 Å². The second-order valence-electron chi connectivity index (χ2n) is 6.68. The van der Waals surface area contributed by atoms with Crippen molar-refractivity contribution in [3.05, 3.63) is 29.5 Å². The first-order valence-electron chi connectivity index (χ1n) is 8.67. The van der Waals surface area contributed by atoms with E-state index < -0.39 is 5.97 Å². The Bertz CT molecular complexity index is 781. The molecule has 138 valence electrons. The van der Waals surface area contributed by atoms with E-state index in [1.165, 1.54) is 0 Å². The molecule has 1 N–H and O–H groups in total. The lowest BCUT2D eigenvalue weighted by molar-refractivity contribution is -0.140. The molecule has 2 aromatic rings. The average Bonchev–Trinajstić information content (AvgIpc) is 3.20. The zero-order valence-electron chi connectivity index (χ0n) is 14.9. The number of aliphatic carboxylic acids is 1. The molecule has 8 heteroatoms. The summed E-state index contributed by atoms with van der Waals surface area (Å²) < 4.78 is 5.16. The lowest BCUT2D eigenvalue weighted by Gasteiger charge is -2.16. The van der Waals surface area contributed by atoms with E-state index in [1.54, 1.807) is 17.3 Å². The maximum Gasteiger partial charge on any atom is 0.303 e. The van der Waals surface area contributed by atoms with Gasteiger partial charge >= 0.3 is 5.97 Å². The molecule has 3 heterocycles. The van der Waals surface area contributed by atoms with Crippen molar-refractivity contribution >= 4 is 11.9 Å². The lowest BCUT2D eigenvalue weighted by atomic mass is 10.0. The molecule has 1 fully saturated rings. The zero-order valence-corrected chi connectivity index (χ0v) is 14.9. The number of aryl methyl sites for hydroxylation is 2. The van der Waals surface area contributed by atoms with Gasteiger partial charge in [-0.3, -0.25) is 19.6 Å². The van der Waals surface area contributed by atoms with E-state index in [0.717, 1.165) is 41.2 Å². The Morgan fingerprint density at radius 2 is 2.08 bits per heavy atom. The third-order valence-electron chi connectivity index (χ3n) is 4.68. The average molecular weight is 358 g/mol. The molecular weight excluding hydrogens is 336 g/mol. The summed E-state index contributed by atoms with van der Waals surface area (Å²) in [6.45, 7) is 5.04. The first-order chi connectivity index (χ1) is 12.4. The minimum Gasteiger partial charge on any atom is -0.481 e. The van der Waals surface area contributed by atoms with E-state index in [0.29, 0.717) is 19.0 Å². The fraction of sp³-hybridized carbons (Fsp3) is 0.500. The molecule has 0 aromatic carbocycles. The van der Waals surface area contributed by atoms with Crippen LogP contribution in [0.1, 0.15) is 36.4 Å². The summed E-state index contributed by atoms with van der Waals surface area (Å²) in [5.41, 5.74) is 3.28. The van der Waals surface area contributed by atoms with E-state index in [2.05, 4.69) is 15.1 Å². The normalized spacial score (nSPS) is 16.8. The van der Waals surface area contributed by atoms with Crippen molar-refractivity contribution in [3.8, 4) is 11.3 Å². The number of nitrogens with zero attached hydrogens (tertiary/aromatic N) is 4. The van der Waals surface area contributed by atoms with Gasteiger partial charge in [0, 0.05) is 25.7 Å². The van der Waals surface area contributed by atoms with Crippen molar-refractivity contribution in [2.45, 2.75) is 39.5 Å². The van der Waals surface area contributed by atoms with E-state index in [4.69, 9.17) is 9.63 Å². The Labute approximate surface area is 151 Å². The van der Waals surface area contributed by atoms with E-state index >= 15 is 0 Å². The predicted molar refractivity (Wildman–Crippen MR) is 92.3 cm³/mol. The molecule has 0 saturated carbocycles. The van der Waals surface area contributed by atoms with Crippen LogP contribution in [-0.2, 0) is 16.0 Å². The molecule has 1 amide bonds. The molecule has 8 nitrogen and oxygen atoms in total. The molecule has 1 aliphatic heterocycles. The SMILES string of the molecule is Cc1noc(C)c1-c1cnc(C[C@H]2CCN(C(=O)CCC(=O)O)C2)cn1. The minimum absolute atomic E-state index is 0.0635. The van der Waals surface area contributed by atoms with Crippen LogP contribution in [0.3, 0.4) is 0 Å². The highest BCUT2D eigenvalue weighted by Gasteiger charge is 2.26. The van der Waals surface area contributed by atoms with Gasteiger partial charge in [-0.2, -0.15) is 0 Å². The van der Waals surface area contributed by atoms with Crippen LogP contribution in [0.2, 0.25) is 0 Å². The van der Waals surface area contributed by atoms with Gasteiger partial charge in [0.05, 0.1) is 35.3 Å². The number of aromatic nitrogens is 3. The molecule has 0 bridgehead atoms. The summed E-state index contributed by atoms with van der Waals surface area (Å²) in [5, 5.41) is 12.6. The van der Waals surface area contributed by atoms with Crippen molar-refractivity contribution in [1.29, 1.82) is 0 Å². The Hall–Kier alpha value is -2.77. The van der Waals surface area contributed by atoms with E-state index in [9.17, 15) is 9.59 Å². The lowest BCUT2D eigenvalue weighted by Crippen LogP contribution is -2.29. The highest BCUT2D eigenvalue weighted by Crippen LogP contribution is 2.25. The Morgan fingerprint density at radius 1 is 1.27 bits per heavy atom. The quantitative estimate of drug-likeness (QED) is 0.841. The molecule has 0 unspecified atom stereocenters. The summed E-state index contributed by atoms with van der Waals surface area (Å²) in [7, 11) is 0. The minimum atomic E-state index is -0.942. The number of carboxylic acid groups (broad SMARTS) is 1. The number of hydrogen-bond acceptors (Lipinski definition) is 6. The number of likely N-dealkylation sites (tertiary alicyclic amines) is 1. The molecule has 3 rings (SSSR count). The largest absolute Gasteiger partial charge is 0.481 e. The van der Waals surface area contributed by atoms with Crippen molar-refractivity contribution in [3.63, 3.8) is 0 Å². The van der Waals surface area contributed by atoms with Gasteiger partial charge in [0.15, 0.2) is 0 Å². The number of rotatable bonds is 6. The van der Waals surface area contributed by atoms with Gasteiger partial charge in [-0.1, -0.05) is 5.16 Å². The van der Waals surface area contributed by atoms with Crippen LogP contribution in [0.5, 0.6) is 0 Å². The summed E-state index contributed by atoms with van der Waals surface area (Å²) in [6, 6.07) is 0. The topological polar surface area (TPSA) is 109 Å². The van der Waals surface area contributed by atoms with Gasteiger partial charge in [-0.25, -0.2) is 0 Å². The van der Waals surface area contributed by atoms with Crippen molar-refractivity contribution in [1.82, 2.24) is 20.0 Å². The maximum atomic E-state index is 12.0. The fourth-order valence-corrected chi connectivity index (χ4v) is 3.33. The number of carboxylic acids is 1. The Balaban J connectivity index is 1.57. The molecule has 0 spiro atoms. The van der Waals surface area contributed by atoms with Gasteiger partial charge in [0.25, 0.3) is 0 Å². The zero-order chi connectivity index (χ0) is 18.7. The van der Waals surface area contributed by atoms with Crippen LogP contribution in [-0.4, -0.2) is 50.1 Å².